The van der Waals surface area contributed by atoms with Crippen LogP contribution in [-0.4, -0.2) is 31.7 Å². The summed E-state index contributed by atoms with van der Waals surface area (Å²) in [5.41, 5.74) is 2.17. The van der Waals surface area contributed by atoms with Gasteiger partial charge in [-0.1, -0.05) is 24.3 Å². The molecule has 156 valence electrons. The molecule has 0 aliphatic carbocycles. The number of nitrogens with zero attached hydrogens (tertiary/aromatic N) is 1. The highest BCUT2D eigenvalue weighted by Crippen LogP contribution is 2.33. The molecule has 0 atom stereocenters. The number of carbonyl (C=O) groups excluding carboxylic acids is 1. The monoisotopic (exact) mass is 444 g/mol. The molecular formula is C22H21FN2O3S2. The second kappa shape index (κ2) is 8.67. The smallest absolute Gasteiger partial charge is 0.252 e. The zero-order chi connectivity index (χ0) is 21.1. The highest BCUT2D eigenvalue weighted by molar-refractivity contribution is 7.91. The van der Waals surface area contributed by atoms with Crippen molar-refractivity contribution in [1.29, 1.82) is 0 Å². The first-order chi connectivity index (χ1) is 14.4. The summed E-state index contributed by atoms with van der Waals surface area (Å²) < 4.78 is 40.2. The SMILES string of the molecule is O=C(NCc1ccc(F)cc1)c1ccc(-c2ccc(S(=O)(=O)N3CCCC3)s2)cc1. The van der Waals surface area contributed by atoms with Crippen molar-refractivity contribution in [2.75, 3.05) is 13.1 Å². The Kier molecular flexibility index (Phi) is 5.99. The van der Waals surface area contributed by atoms with Gasteiger partial charge in [0.25, 0.3) is 15.9 Å². The van der Waals surface area contributed by atoms with Crippen molar-refractivity contribution in [2.24, 2.45) is 0 Å². The fourth-order valence-corrected chi connectivity index (χ4v) is 6.33. The van der Waals surface area contributed by atoms with E-state index in [2.05, 4.69) is 5.32 Å². The molecule has 0 bridgehead atoms. The summed E-state index contributed by atoms with van der Waals surface area (Å²) in [6.07, 6.45) is 1.81. The molecule has 4 rings (SSSR count). The predicted octanol–water partition coefficient (Wildman–Crippen LogP) is 4.27. The summed E-state index contributed by atoms with van der Waals surface area (Å²) in [7, 11) is -3.42. The average Bonchev–Trinajstić information content (AvgIpc) is 3.46. The number of hydrogen-bond acceptors (Lipinski definition) is 4. The lowest BCUT2D eigenvalue weighted by Gasteiger charge is -2.13. The van der Waals surface area contributed by atoms with Gasteiger partial charge in [0, 0.05) is 30.1 Å². The van der Waals surface area contributed by atoms with E-state index in [0.717, 1.165) is 28.8 Å². The number of benzene rings is 2. The Morgan fingerprint density at radius 3 is 2.30 bits per heavy atom. The number of sulfonamides is 1. The summed E-state index contributed by atoms with van der Waals surface area (Å²) in [6, 6.07) is 16.5. The maximum absolute atomic E-state index is 13.0. The van der Waals surface area contributed by atoms with Crippen LogP contribution in [-0.2, 0) is 16.6 Å². The van der Waals surface area contributed by atoms with Gasteiger partial charge in [0.1, 0.15) is 10.0 Å². The minimum Gasteiger partial charge on any atom is -0.348 e. The molecular weight excluding hydrogens is 423 g/mol. The lowest BCUT2D eigenvalue weighted by atomic mass is 10.1. The van der Waals surface area contributed by atoms with Crippen LogP contribution >= 0.6 is 11.3 Å². The van der Waals surface area contributed by atoms with E-state index in [-0.39, 0.29) is 11.7 Å². The van der Waals surface area contributed by atoms with Crippen molar-refractivity contribution in [2.45, 2.75) is 23.6 Å². The standard InChI is InChI=1S/C22H21FN2O3S2/c23-19-9-3-16(4-10-19)15-24-22(26)18-7-5-17(6-8-18)20-11-12-21(29-20)30(27,28)25-13-1-2-14-25/h3-12H,1-2,13-15H2,(H,24,26). The molecule has 30 heavy (non-hydrogen) atoms. The van der Waals surface area contributed by atoms with Gasteiger partial charge in [-0.05, 0) is 60.4 Å². The molecule has 0 radical (unpaired) electrons. The van der Waals surface area contributed by atoms with Crippen LogP contribution in [0, 0.1) is 5.82 Å². The molecule has 3 aromatic rings. The van der Waals surface area contributed by atoms with Crippen LogP contribution in [0.5, 0.6) is 0 Å². The van der Waals surface area contributed by atoms with Crippen LogP contribution in [0.4, 0.5) is 4.39 Å². The van der Waals surface area contributed by atoms with Gasteiger partial charge >= 0.3 is 0 Å². The highest BCUT2D eigenvalue weighted by atomic mass is 32.2. The van der Waals surface area contributed by atoms with Crippen LogP contribution in [0.2, 0.25) is 0 Å². The number of halogens is 1. The van der Waals surface area contributed by atoms with E-state index in [9.17, 15) is 17.6 Å². The van der Waals surface area contributed by atoms with E-state index >= 15 is 0 Å². The second-order valence-corrected chi connectivity index (χ2v) is 10.4. The summed E-state index contributed by atoms with van der Waals surface area (Å²) >= 11 is 1.24. The molecule has 1 fully saturated rings. The Morgan fingerprint density at radius 1 is 0.967 bits per heavy atom. The summed E-state index contributed by atoms with van der Waals surface area (Å²) in [6.45, 7) is 1.47. The Labute approximate surface area is 179 Å². The van der Waals surface area contributed by atoms with Crippen LogP contribution in [0.1, 0.15) is 28.8 Å². The van der Waals surface area contributed by atoms with Gasteiger partial charge in [-0.15, -0.1) is 11.3 Å². The van der Waals surface area contributed by atoms with Crippen molar-refractivity contribution in [3.63, 3.8) is 0 Å². The van der Waals surface area contributed by atoms with Crippen molar-refractivity contribution in [3.8, 4) is 10.4 Å². The van der Waals surface area contributed by atoms with Gasteiger partial charge in [-0.2, -0.15) is 4.31 Å². The molecule has 0 unspecified atom stereocenters. The molecule has 0 spiro atoms. The van der Waals surface area contributed by atoms with E-state index in [1.54, 1.807) is 36.4 Å². The summed E-state index contributed by atoms with van der Waals surface area (Å²) in [4.78, 5) is 13.2. The Morgan fingerprint density at radius 2 is 1.63 bits per heavy atom. The molecule has 5 nitrogen and oxygen atoms in total. The lowest BCUT2D eigenvalue weighted by Crippen LogP contribution is -2.27. The number of carbonyl (C=O) groups is 1. The zero-order valence-electron chi connectivity index (χ0n) is 16.2. The molecule has 1 aliphatic rings. The van der Waals surface area contributed by atoms with Crippen molar-refractivity contribution in [1.82, 2.24) is 9.62 Å². The Bertz CT molecular complexity index is 1130. The molecule has 8 heteroatoms. The Balaban J connectivity index is 1.42. The largest absolute Gasteiger partial charge is 0.348 e. The van der Waals surface area contributed by atoms with E-state index in [4.69, 9.17) is 0 Å². The van der Waals surface area contributed by atoms with Gasteiger partial charge in [-0.25, -0.2) is 12.8 Å². The molecule has 1 saturated heterocycles. The number of amides is 1. The molecule has 2 aromatic carbocycles. The van der Waals surface area contributed by atoms with Gasteiger partial charge in [0.2, 0.25) is 0 Å². The van der Waals surface area contributed by atoms with Crippen LogP contribution < -0.4 is 5.32 Å². The maximum atomic E-state index is 13.0. The van der Waals surface area contributed by atoms with Gasteiger partial charge in [0.05, 0.1) is 0 Å². The zero-order valence-corrected chi connectivity index (χ0v) is 17.8. The minimum absolute atomic E-state index is 0.227. The molecule has 2 heterocycles. The summed E-state index contributed by atoms with van der Waals surface area (Å²) in [5.74, 6) is -0.542. The molecule has 1 aromatic heterocycles. The van der Waals surface area contributed by atoms with E-state index in [1.807, 2.05) is 12.1 Å². The van der Waals surface area contributed by atoms with E-state index in [1.165, 1.54) is 27.8 Å². The van der Waals surface area contributed by atoms with Crippen LogP contribution in [0.25, 0.3) is 10.4 Å². The maximum Gasteiger partial charge on any atom is 0.252 e. The molecule has 0 saturated carbocycles. The first-order valence-corrected chi connectivity index (χ1v) is 11.9. The normalized spacial score (nSPS) is 14.7. The predicted molar refractivity (Wildman–Crippen MR) is 115 cm³/mol. The van der Waals surface area contributed by atoms with Crippen LogP contribution in [0.15, 0.2) is 64.9 Å². The van der Waals surface area contributed by atoms with Crippen molar-refractivity contribution >= 4 is 27.3 Å². The van der Waals surface area contributed by atoms with Gasteiger partial charge in [0.15, 0.2) is 0 Å². The van der Waals surface area contributed by atoms with E-state index < -0.39 is 10.0 Å². The topological polar surface area (TPSA) is 66.5 Å². The quantitative estimate of drug-likeness (QED) is 0.618. The molecule has 1 N–H and O–H groups in total. The van der Waals surface area contributed by atoms with Gasteiger partial charge < -0.3 is 5.32 Å². The first-order valence-electron chi connectivity index (χ1n) is 9.66. The number of thiophene rings is 1. The van der Waals surface area contributed by atoms with Crippen LogP contribution in [0.3, 0.4) is 0 Å². The van der Waals surface area contributed by atoms with E-state index in [0.29, 0.717) is 29.4 Å². The minimum atomic E-state index is -3.42. The van der Waals surface area contributed by atoms with Gasteiger partial charge in [-0.3, -0.25) is 4.79 Å². The average molecular weight is 445 g/mol. The second-order valence-electron chi connectivity index (χ2n) is 7.12. The third-order valence-corrected chi connectivity index (χ3v) is 8.54. The fraction of sp³-hybridized carbons (Fsp3) is 0.227. The first kappa shape index (κ1) is 20.7. The summed E-state index contributed by atoms with van der Waals surface area (Å²) in [5, 5.41) is 2.81. The third kappa shape index (κ3) is 4.45. The Hall–Kier alpha value is -2.55. The van der Waals surface area contributed by atoms with Crippen molar-refractivity contribution in [3.05, 3.63) is 77.6 Å². The molecule has 1 amide bonds. The highest BCUT2D eigenvalue weighted by Gasteiger charge is 2.28. The fourth-order valence-electron chi connectivity index (χ4n) is 3.34. The van der Waals surface area contributed by atoms with Crippen molar-refractivity contribution < 1.29 is 17.6 Å². The number of hydrogen-bond donors (Lipinski definition) is 1. The molecule has 1 aliphatic heterocycles. The third-order valence-electron chi connectivity index (χ3n) is 5.04. The lowest BCUT2D eigenvalue weighted by molar-refractivity contribution is 0.0951. The number of nitrogens with one attached hydrogen (secondary N) is 1. The number of rotatable bonds is 6.